The predicted octanol–water partition coefficient (Wildman–Crippen LogP) is 7.03. The Morgan fingerprint density at radius 2 is 1.55 bits per heavy atom. The lowest BCUT2D eigenvalue weighted by molar-refractivity contribution is -0.140. The zero-order valence-corrected chi connectivity index (χ0v) is 20.4. The van der Waals surface area contributed by atoms with Gasteiger partial charge in [-0.1, -0.05) is 78.9 Å². The number of fused-ring (bicyclic) bond motifs is 1. The number of pyridine rings is 1. The highest BCUT2D eigenvalue weighted by atomic mass is 16.5. The Balaban J connectivity index is 1.24. The molecule has 1 aliphatic carbocycles. The summed E-state index contributed by atoms with van der Waals surface area (Å²) in [5, 5.41) is 13.1. The molecule has 2 N–H and O–H groups in total. The van der Waals surface area contributed by atoms with Crippen LogP contribution in [0.2, 0.25) is 0 Å². The molecule has 0 spiro atoms. The molecule has 1 saturated carbocycles. The molecule has 2 aromatic heterocycles. The van der Waals surface area contributed by atoms with E-state index in [2.05, 4.69) is 10.3 Å². The van der Waals surface area contributed by atoms with Gasteiger partial charge < -0.3 is 14.3 Å². The lowest BCUT2D eigenvalue weighted by Crippen LogP contribution is -2.19. The first-order valence-corrected chi connectivity index (χ1v) is 12.3. The van der Waals surface area contributed by atoms with Gasteiger partial charge in [-0.25, -0.2) is 4.79 Å². The minimum absolute atomic E-state index is 0.153. The number of carbonyl (C=O) groups is 2. The molecule has 0 unspecified atom stereocenters. The number of aliphatic carboxylic acids is 1. The Labute approximate surface area is 218 Å². The summed E-state index contributed by atoms with van der Waals surface area (Å²) in [6.45, 7) is 0.153. The largest absolute Gasteiger partial charge is 0.481 e. The number of nitrogens with zero attached hydrogens (tertiary/aromatic N) is 1. The Bertz CT molecular complexity index is 1620. The summed E-state index contributed by atoms with van der Waals surface area (Å²) in [6, 6.07) is 26.8. The van der Waals surface area contributed by atoms with Crippen molar-refractivity contribution in [3.05, 3.63) is 108 Å². The summed E-state index contributed by atoms with van der Waals surface area (Å²) in [4.78, 5) is 28.4. The molecule has 3 aromatic carbocycles. The number of hydrogen-bond donors (Lipinski definition) is 2. The first-order chi connectivity index (χ1) is 18.5. The molecule has 0 atom stereocenters. The van der Waals surface area contributed by atoms with Crippen LogP contribution >= 0.6 is 0 Å². The molecule has 188 valence electrons. The SMILES string of the molecule is O=C(Nc1c(-c2ccc(-c3ccc(C4(C(=O)O)CC4)cc3)cc2)oc2cnccc12)OCc1ccccc1. The lowest BCUT2D eigenvalue weighted by Gasteiger charge is -2.11. The Morgan fingerprint density at radius 1 is 0.895 bits per heavy atom. The maximum Gasteiger partial charge on any atom is 0.412 e. The molecule has 38 heavy (non-hydrogen) atoms. The van der Waals surface area contributed by atoms with Crippen LogP contribution in [0.15, 0.2) is 102 Å². The lowest BCUT2D eigenvalue weighted by atomic mass is 9.93. The third kappa shape index (κ3) is 4.39. The minimum Gasteiger partial charge on any atom is -0.481 e. The van der Waals surface area contributed by atoms with Crippen molar-refractivity contribution >= 4 is 28.7 Å². The highest BCUT2D eigenvalue weighted by Gasteiger charge is 2.51. The number of rotatable bonds is 7. The summed E-state index contributed by atoms with van der Waals surface area (Å²) in [6.07, 6.45) is 4.03. The van der Waals surface area contributed by atoms with E-state index in [4.69, 9.17) is 9.15 Å². The molecule has 1 aliphatic rings. The van der Waals surface area contributed by atoms with Gasteiger partial charge in [-0.2, -0.15) is 0 Å². The van der Waals surface area contributed by atoms with E-state index in [1.54, 1.807) is 18.5 Å². The third-order valence-corrected chi connectivity index (χ3v) is 7.01. The number of furan rings is 1. The summed E-state index contributed by atoms with van der Waals surface area (Å²) in [5.41, 5.74) is 4.83. The van der Waals surface area contributed by atoms with Crippen molar-refractivity contribution in [1.29, 1.82) is 0 Å². The number of carbonyl (C=O) groups excluding carboxylic acids is 1. The van der Waals surface area contributed by atoms with Gasteiger partial charge in [0.2, 0.25) is 0 Å². The normalized spacial score (nSPS) is 13.7. The standard InChI is InChI=1S/C31H24N2O5/c34-29(35)31(15-16-31)24-12-10-22(11-13-24)21-6-8-23(9-7-21)28-27(25-14-17-32-18-26(25)38-28)33-30(36)37-19-20-4-2-1-3-5-20/h1-14,17-18H,15-16,19H2,(H,33,36)(H,34,35). The molecule has 0 saturated heterocycles. The van der Waals surface area contributed by atoms with Gasteiger partial charge in [0, 0.05) is 17.1 Å². The van der Waals surface area contributed by atoms with Gasteiger partial charge in [0.15, 0.2) is 11.3 Å². The molecule has 0 aliphatic heterocycles. The number of benzene rings is 3. The smallest absolute Gasteiger partial charge is 0.412 e. The highest BCUT2D eigenvalue weighted by Crippen LogP contribution is 2.48. The molecule has 1 amide bonds. The van der Waals surface area contributed by atoms with Gasteiger partial charge in [-0.05, 0) is 41.2 Å². The number of nitrogens with one attached hydrogen (secondary N) is 1. The Morgan fingerprint density at radius 3 is 2.21 bits per heavy atom. The van der Waals surface area contributed by atoms with Gasteiger partial charge in [0.05, 0.1) is 17.3 Å². The number of carboxylic acids is 1. The number of ether oxygens (including phenoxy) is 1. The van der Waals surface area contributed by atoms with Crippen LogP contribution in [0.1, 0.15) is 24.0 Å². The van der Waals surface area contributed by atoms with Crippen molar-refractivity contribution in [3.8, 4) is 22.5 Å². The van der Waals surface area contributed by atoms with E-state index in [1.165, 1.54) is 0 Å². The molecule has 7 heteroatoms. The van der Waals surface area contributed by atoms with Crippen LogP contribution < -0.4 is 5.32 Å². The van der Waals surface area contributed by atoms with E-state index in [0.717, 1.165) is 33.2 Å². The van der Waals surface area contributed by atoms with Gasteiger partial charge in [-0.3, -0.25) is 15.1 Å². The maximum atomic E-state index is 12.7. The number of hydrogen-bond acceptors (Lipinski definition) is 5. The Hall–Kier alpha value is -4.91. The summed E-state index contributed by atoms with van der Waals surface area (Å²) < 4.78 is 11.5. The molecular formula is C31H24N2O5. The zero-order chi connectivity index (χ0) is 26.1. The molecule has 0 bridgehead atoms. The van der Waals surface area contributed by atoms with Crippen molar-refractivity contribution < 1.29 is 23.8 Å². The molecule has 6 rings (SSSR count). The minimum atomic E-state index is -0.760. The number of anilines is 1. The fraction of sp³-hybridized carbons (Fsp3) is 0.129. The van der Waals surface area contributed by atoms with Crippen molar-refractivity contribution in [2.75, 3.05) is 5.32 Å². The molecule has 5 aromatic rings. The van der Waals surface area contributed by atoms with Gasteiger partial charge in [0.25, 0.3) is 0 Å². The average Bonchev–Trinajstić information content (AvgIpc) is 3.70. The van der Waals surface area contributed by atoms with E-state index in [-0.39, 0.29) is 6.61 Å². The average molecular weight is 505 g/mol. The second kappa shape index (κ2) is 9.52. The molecule has 1 fully saturated rings. The van der Waals surface area contributed by atoms with Gasteiger partial charge in [0.1, 0.15) is 6.61 Å². The summed E-state index contributed by atoms with van der Waals surface area (Å²) in [7, 11) is 0. The van der Waals surface area contributed by atoms with Crippen LogP contribution in [0.25, 0.3) is 33.4 Å². The number of amides is 1. The number of aromatic nitrogens is 1. The van der Waals surface area contributed by atoms with Crippen molar-refractivity contribution in [2.45, 2.75) is 24.9 Å². The van der Waals surface area contributed by atoms with Gasteiger partial charge in [-0.15, -0.1) is 0 Å². The molecule has 2 heterocycles. The quantitative estimate of drug-likeness (QED) is 0.247. The monoisotopic (exact) mass is 504 g/mol. The first-order valence-electron chi connectivity index (χ1n) is 12.3. The third-order valence-electron chi connectivity index (χ3n) is 7.01. The highest BCUT2D eigenvalue weighted by molar-refractivity contribution is 6.04. The van der Waals surface area contributed by atoms with Crippen molar-refractivity contribution in [2.24, 2.45) is 0 Å². The Kier molecular flexibility index (Phi) is 5.88. The predicted molar refractivity (Wildman–Crippen MR) is 144 cm³/mol. The molecule has 0 radical (unpaired) electrons. The second-order valence-electron chi connectivity index (χ2n) is 9.41. The van der Waals surface area contributed by atoms with E-state index in [9.17, 15) is 14.7 Å². The van der Waals surface area contributed by atoms with Crippen molar-refractivity contribution in [1.82, 2.24) is 4.98 Å². The fourth-order valence-electron chi connectivity index (χ4n) is 4.69. The summed E-state index contributed by atoms with van der Waals surface area (Å²) in [5.74, 6) is -0.257. The molecule has 7 nitrogen and oxygen atoms in total. The second-order valence-corrected chi connectivity index (χ2v) is 9.41. The van der Waals surface area contributed by atoms with E-state index in [0.29, 0.717) is 29.9 Å². The van der Waals surface area contributed by atoms with E-state index >= 15 is 0 Å². The van der Waals surface area contributed by atoms with Crippen molar-refractivity contribution in [3.63, 3.8) is 0 Å². The van der Waals surface area contributed by atoms with E-state index in [1.807, 2.05) is 78.9 Å². The number of carboxylic acid groups (broad SMARTS) is 1. The van der Waals surface area contributed by atoms with Crippen LogP contribution in [-0.4, -0.2) is 22.2 Å². The maximum absolute atomic E-state index is 12.7. The van der Waals surface area contributed by atoms with Crippen LogP contribution in [0.5, 0.6) is 0 Å². The fourth-order valence-corrected chi connectivity index (χ4v) is 4.69. The van der Waals surface area contributed by atoms with Crippen LogP contribution in [0.3, 0.4) is 0 Å². The molecular weight excluding hydrogens is 480 g/mol. The first kappa shape index (κ1) is 23.5. The van der Waals surface area contributed by atoms with Crippen LogP contribution in [0.4, 0.5) is 10.5 Å². The van der Waals surface area contributed by atoms with Crippen LogP contribution in [-0.2, 0) is 21.6 Å². The summed E-state index contributed by atoms with van der Waals surface area (Å²) >= 11 is 0. The van der Waals surface area contributed by atoms with E-state index < -0.39 is 17.5 Å². The van der Waals surface area contributed by atoms with Gasteiger partial charge >= 0.3 is 12.1 Å². The van der Waals surface area contributed by atoms with Crippen LogP contribution in [0, 0.1) is 0 Å². The topological polar surface area (TPSA) is 102 Å². The zero-order valence-electron chi connectivity index (χ0n) is 20.4.